The van der Waals surface area contributed by atoms with Crippen molar-refractivity contribution in [2.75, 3.05) is 11.9 Å². The van der Waals surface area contributed by atoms with Crippen LogP contribution in [0.25, 0.3) is 0 Å². The highest BCUT2D eigenvalue weighted by atomic mass is 16.5. The maximum absolute atomic E-state index is 11.8. The molecule has 2 aromatic rings. The largest absolute Gasteiger partial charge is 0.469 e. The molecule has 1 N–H and O–H groups in total. The fraction of sp³-hybridized carbons (Fsp3) is 0.357. The molecule has 0 radical (unpaired) electrons. The average molecular weight is 291 g/mol. The Morgan fingerprint density at radius 1 is 1.43 bits per heavy atom. The summed E-state index contributed by atoms with van der Waals surface area (Å²) in [6, 6.07) is 3.30. The van der Waals surface area contributed by atoms with Crippen LogP contribution in [0.1, 0.15) is 36.0 Å². The van der Waals surface area contributed by atoms with E-state index in [-0.39, 0.29) is 12.6 Å². The molecule has 0 unspecified atom stereocenters. The van der Waals surface area contributed by atoms with Crippen LogP contribution >= 0.6 is 0 Å². The van der Waals surface area contributed by atoms with Gasteiger partial charge in [-0.2, -0.15) is 5.10 Å². The molecule has 112 valence electrons. The molecule has 2 heterocycles. The van der Waals surface area contributed by atoms with Crippen molar-refractivity contribution >= 4 is 17.7 Å². The minimum absolute atomic E-state index is 0.117. The molecule has 1 amide bonds. The highest BCUT2D eigenvalue weighted by Gasteiger charge is 2.15. The van der Waals surface area contributed by atoms with E-state index in [0.29, 0.717) is 17.1 Å². The molecule has 0 aliphatic heterocycles. The van der Waals surface area contributed by atoms with E-state index in [2.05, 4.69) is 10.4 Å². The number of hydrogen-bond acceptors (Lipinski definition) is 5. The Labute approximate surface area is 121 Å². The van der Waals surface area contributed by atoms with Gasteiger partial charge < -0.3 is 14.5 Å². The van der Waals surface area contributed by atoms with E-state index in [9.17, 15) is 9.59 Å². The highest BCUT2D eigenvalue weighted by Crippen LogP contribution is 2.13. The van der Waals surface area contributed by atoms with Gasteiger partial charge in [-0.05, 0) is 26.8 Å². The second-order valence-corrected chi connectivity index (χ2v) is 4.77. The number of amides is 1. The Hall–Kier alpha value is -2.57. The van der Waals surface area contributed by atoms with Gasteiger partial charge in [0, 0.05) is 12.1 Å². The van der Waals surface area contributed by atoms with Gasteiger partial charge in [-0.1, -0.05) is 0 Å². The Balaban J connectivity index is 1.89. The molecule has 2 rings (SSSR count). The topological polar surface area (TPSA) is 86.4 Å². The number of ether oxygens (including phenoxy) is 1. The SMILES string of the molecule is Cc1occc1C(=O)OCC(=O)Nc1ccnn1C(C)C. The van der Waals surface area contributed by atoms with E-state index in [4.69, 9.17) is 9.15 Å². The van der Waals surface area contributed by atoms with Gasteiger partial charge >= 0.3 is 5.97 Å². The van der Waals surface area contributed by atoms with Crippen LogP contribution in [0.3, 0.4) is 0 Å². The molecule has 0 spiro atoms. The van der Waals surface area contributed by atoms with Crippen LogP contribution in [-0.2, 0) is 9.53 Å². The summed E-state index contributed by atoms with van der Waals surface area (Å²) in [5.41, 5.74) is 0.315. The third-order valence-corrected chi connectivity index (χ3v) is 2.84. The van der Waals surface area contributed by atoms with Crippen molar-refractivity contribution in [1.82, 2.24) is 9.78 Å². The lowest BCUT2D eigenvalue weighted by Gasteiger charge is -2.11. The van der Waals surface area contributed by atoms with Gasteiger partial charge in [-0.3, -0.25) is 4.79 Å². The fourth-order valence-electron chi connectivity index (χ4n) is 1.81. The monoisotopic (exact) mass is 291 g/mol. The molecule has 7 heteroatoms. The molecule has 2 aromatic heterocycles. The van der Waals surface area contributed by atoms with Crippen LogP contribution in [0.4, 0.5) is 5.82 Å². The number of furan rings is 1. The van der Waals surface area contributed by atoms with E-state index in [1.165, 1.54) is 12.3 Å². The normalized spacial score (nSPS) is 10.7. The lowest BCUT2D eigenvalue weighted by Crippen LogP contribution is -2.23. The molecule has 0 aromatic carbocycles. The summed E-state index contributed by atoms with van der Waals surface area (Å²) in [6.07, 6.45) is 2.99. The van der Waals surface area contributed by atoms with Crippen LogP contribution < -0.4 is 5.32 Å². The molecule has 0 bridgehead atoms. The molecule has 0 aliphatic carbocycles. The average Bonchev–Trinajstić information content (AvgIpc) is 3.04. The molecule has 0 saturated heterocycles. The maximum Gasteiger partial charge on any atom is 0.342 e. The number of aryl methyl sites for hydroxylation is 1. The van der Waals surface area contributed by atoms with Crippen molar-refractivity contribution in [1.29, 1.82) is 0 Å². The quantitative estimate of drug-likeness (QED) is 0.853. The Bertz CT molecular complexity index is 642. The highest BCUT2D eigenvalue weighted by molar-refractivity contribution is 5.95. The van der Waals surface area contributed by atoms with E-state index in [1.54, 1.807) is 23.9 Å². The molecule has 0 saturated carbocycles. The smallest absolute Gasteiger partial charge is 0.342 e. The van der Waals surface area contributed by atoms with Crippen molar-refractivity contribution in [2.45, 2.75) is 26.8 Å². The summed E-state index contributed by atoms with van der Waals surface area (Å²) in [6.45, 7) is 5.18. The summed E-state index contributed by atoms with van der Waals surface area (Å²) in [5, 5.41) is 6.75. The number of carbonyl (C=O) groups is 2. The number of nitrogens with one attached hydrogen (secondary N) is 1. The van der Waals surface area contributed by atoms with E-state index >= 15 is 0 Å². The summed E-state index contributed by atoms with van der Waals surface area (Å²) in [4.78, 5) is 23.5. The molecule has 0 atom stereocenters. The van der Waals surface area contributed by atoms with Crippen molar-refractivity contribution in [3.8, 4) is 0 Å². The van der Waals surface area contributed by atoms with Crippen molar-refractivity contribution in [2.24, 2.45) is 0 Å². The van der Waals surface area contributed by atoms with Crippen molar-refractivity contribution in [3.05, 3.63) is 35.9 Å². The van der Waals surface area contributed by atoms with E-state index in [0.717, 1.165) is 0 Å². The lowest BCUT2D eigenvalue weighted by atomic mass is 10.3. The van der Waals surface area contributed by atoms with Crippen molar-refractivity contribution in [3.63, 3.8) is 0 Å². The number of aromatic nitrogens is 2. The number of rotatable bonds is 5. The van der Waals surface area contributed by atoms with Gasteiger partial charge in [0.05, 0.1) is 12.5 Å². The molecular formula is C14H17N3O4. The Morgan fingerprint density at radius 3 is 2.81 bits per heavy atom. The number of esters is 1. The zero-order chi connectivity index (χ0) is 15.4. The van der Waals surface area contributed by atoms with E-state index < -0.39 is 11.9 Å². The summed E-state index contributed by atoms with van der Waals surface area (Å²) >= 11 is 0. The van der Waals surface area contributed by atoms with Crippen LogP contribution in [0.5, 0.6) is 0 Å². The second-order valence-electron chi connectivity index (χ2n) is 4.77. The predicted molar refractivity (Wildman–Crippen MR) is 75.0 cm³/mol. The van der Waals surface area contributed by atoms with Gasteiger partial charge in [-0.15, -0.1) is 0 Å². The first-order chi connectivity index (χ1) is 9.99. The van der Waals surface area contributed by atoms with Crippen LogP contribution in [-0.4, -0.2) is 28.3 Å². The van der Waals surface area contributed by atoms with Crippen LogP contribution in [0.2, 0.25) is 0 Å². The predicted octanol–water partition coefficient (Wildman–Crippen LogP) is 2.16. The zero-order valence-electron chi connectivity index (χ0n) is 12.1. The van der Waals surface area contributed by atoms with Crippen molar-refractivity contribution < 1.29 is 18.7 Å². The number of carbonyl (C=O) groups excluding carboxylic acids is 2. The van der Waals surface area contributed by atoms with Crippen LogP contribution in [0, 0.1) is 6.92 Å². The first-order valence-corrected chi connectivity index (χ1v) is 6.53. The standard InChI is InChI=1S/C14H17N3O4/c1-9(2)17-12(4-6-15-17)16-13(18)8-21-14(19)11-5-7-20-10(11)3/h4-7,9H,8H2,1-3H3,(H,16,18). The van der Waals surface area contributed by atoms with Crippen LogP contribution in [0.15, 0.2) is 29.0 Å². The van der Waals surface area contributed by atoms with Gasteiger partial charge in [0.25, 0.3) is 5.91 Å². The van der Waals surface area contributed by atoms with Gasteiger partial charge in [0.2, 0.25) is 0 Å². The first kappa shape index (κ1) is 14.8. The lowest BCUT2D eigenvalue weighted by molar-refractivity contribution is -0.119. The van der Waals surface area contributed by atoms with E-state index in [1.807, 2.05) is 13.8 Å². The minimum atomic E-state index is -0.589. The molecular weight excluding hydrogens is 274 g/mol. The molecule has 21 heavy (non-hydrogen) atoms. The first-order valence-electron chi connectivity index (χ1n) is 6.53. The summed E-state index contributed by atoms with van der Waals surface area (Å²) < 4.78 is 11.6. The number of hydrogen-bond donors (Lipinski definition) is 1. The number of nitrogens with zero attached hydrogens (tertiary/aromatic N) is 2. The summed E-state index contributed by atoms with van der Waals surface area (Å²) in [7, 11) is 0. The Kier molecular flexibility index (Phi) is 4.42. The molecule has 7 nitrogen and oxygen atoms in total. The third kappa shape index (κ3) is 3.50. The van der Waals surface area contributed by atoms with Gasteiger partial charge in [-0.25, -0.2) is 9.48 Å². The zero-order valence-corrected chi connectivity index (χ0v) is 12.1. The Morgan fingerprint density at radius 2 is 2.19 bits per heavy atom. The van der Waals surface area contributed by atoms with Gasteiger partial charge in [0.15, 0.2) is 6.61 Å². The second kappa shape index (κ2) is 6.25. The minimum Gasteiger partial charge on any atom is -0.469 e. The molecule has 0 fully saturated rings. The maximum atomic E-state index is 11.8. The number of anilines is 1. The third-order valence-electron chi connectivity index (χ3n) is 2.84. The van der Waals surface area contributed by atoms with Gasteiger partial charge in [0.1, 0.15) is 17.1 Å². The molecule has 0 aliphatic rings. The summed E-state index contributed by atoms with van der Waals surface area (Å²) in [5.74, 6) is 0.00416. The fourth-order valence-corrected chi connectivity index (χ4v) is 1.81.